The van der Waals surface area contributed by atoms with Crippen LogP contribution in [0.3, 0.4) is 0 Å². The Kier molecular flexibility index (Phi) is 4.96. The molecule has 0 aliphatic carbocycles. The molecule has 4 atom stereocenters. The average molecular weight is 446 g/mol. The van der Waals surface area contributed by atoms with Crippen LogP contribution in [-0.4, -0.2) is 53.8 Å². The molecule has 2 saturated heterocycles. The number of hydrogen-bond donors (Lipinski definition) is 0. The smallest absolute Gasteiger partial charge is 0.305 e. The van der Waals surface area contributed by atoms with E-state index in [0.29, 0.717) is 0 Å². The van der Waals surface area contributed by atoms with E-state index < -0.39 is 64.2 Å². The highest BCUT2D eigenvalue weighted by Gasteiger charge is 2.72. The molecule has 0 spiro atoms. The first kappa shape index (κ1) is 21.4. The minimum atomic E-state index is -1.74. The van der Waals surface area contributed by atoms with E-state index in [1.54, 1.807) is 0 Å². The summed E-state index contributed by atoms with van der Waals surface area (Å²) in [6.45, 7) is 2.18. The molecule has 12 heteroatoms. The van der Waals surface area contributed by atoms with E-state index in [4.69, 9.17) is 18.9 Å². The van der Waals surface area contributed by atoms with Gasteiger partial charge in [-0.15, -0.1) is 0 Å². The molecule has 3 heterocycles. The molecule has 2 amide bonds. The fourth-order valence-electron chi connectivity index (χ4n) is 4.42. The predicted molar refractivity (Wildman–Crippen MR) is 103 cm³/mol. The lowest BCUT2D eigenvalue weighted by Crippen LogP contribution is -2.52. The Morgan fingerprint density at radius 3 is 2.41 bits per heavy atom. The highest BCUT2D eigenvalue weighted by Crippen LogP contribution is 2.55. The van der Waals surface area contributed by atoms with Crippen LogP contribution in [-0.2, 0) is 33.4 Å². The number of imide groups is 1. The van der Waals surface area contributed by atoms with Crippen molar-refractivity contribution in [2.75, 3.05) is 12.0 Å². The summed E-state index contributed by atoms with van der Waals surface area (Å²) in [6, 6.07) is 3.73. The summed E-state index contributed by atoms with van der Waals surface area (Å²) < 4.78 is 21.1. The largest absolute Gasteiger partial charge is 0.496 e. The lowest BCUT2D eigenvalue weighted by molar-refractivity contribution is -0.384. The number of carbonyl (C=O) groups is 4. The maximum Gasteiger partial charge on any atom is 0.305 e. The molecule has 0 saturated carbocycles. The van der Waals surface area contributed by atoms with Gasteiger partial charge in [0.2, 0.25) is 11.8 Å². The normalized spacial score (nSPS) is 27.6. The number of fused-ring (bicyclic) bond motifs is 5. The van der Waals surface area contributed by atoms with Crippen LogP contribution in [0.2, 0.25) is 0 Å². The Hall–Kier alpha value is -3.80. The van der Waals surface area contributed by atoms with Gasteiger partial charge in [0, 0.05) is 13.8 Å². The van der Waals surface area contributed by atoms with Gasteiger partial charge in [0.25, 0.3) is 12.0 Å². The quantitative estimate of drug-likeness (QED) is 0.154. The number of benzene rings is 1. The van der Waals surface area contributed by atoms with Crippen molar-refractivity contribution in [3.05, 3.63) is 40.5 Å². The number of nitro benzene ring substituents is 1. The zero-order chi connectivity index (χ0) is 23.4. The summed E-state index contributed by atoms with van der Waals surface area (Å²) in [4.78, 5) is 61.6. The molecule has 12 nitrogen and oxygen atoms in total. The van der Waals surface area contributed by atoms with Crippen molar-refractivity contribution in [2.45, 2.75) is 31.8 Å². The van der Waals surface area contributed by atoms with Gasteiger partial charge in [0.05, 0.1) is 36.0 Å². The Morgan fingerprint density at radius 2 is 1.84 bits per heavy atom. The van der Waals surface area contributed by atoms with Crippen LogP contribution in [0.5, 0.6) is 5.75 Å². The SMILES string of the molecule is COc1ccc(N2C(=O)[C@@H]3[C@@H]4C=C[C@](C(OC(C)=O)OC(C)=O)(O4)[C@H]3C2=O)c([N+](=O)[O-])c1. The molecule has 1 aromatic carbocycles. The second-order valence-corrected chi connectivity index (χ2v) is 7.47. The molecule has 0 aromatic heterocycles. The monoisotopic (exact) mass is 446 g/mol. The van der Waals surface area contributed by atoms with Gasteiger partial charge in [-0.2, -0.15) is 0 Å². The maximum atomic E-state index is 13.5. The zero-order valence-corrected chi connectivity index (χ0v) is 17.2. The molecule has 4 rings (SSSR count). The topological polar surface area (TPSA) is 152 Å². The van der Waals surface area contributed by atoms with Crippen molar-refractivity contribution in [1.29, 1.82) is 0 Å². The number of esters is 2. The van der Waals surface area contributed by atoms with Gasteiger partial charge < -0.3 is 18.9 Å². The van der Waals surface area contributed by atoms with Gasteiger partial charge in [-0.05, 0) is 18.2 Å². The molecular formula is C20H18N2O10. The van der Waals surface area contributed by atoms with E-state index in [1.165, 1.54) is 31.4 Å². The molecule has 168 valence electrons. The van der Waals surface area contributed by atoms with Gasteiger partial charge in [0.1, 0.15) is 11.4 Å². The van der Waals surface area contributed by atoms with Gasteiger partial charge in [-0.25, -0.2) is 4.90 Å². The number of carbonyl (C=O) groups excluding carboxylic acids is 4. The van der Waals surface area contributed by atoms with Gasteiger partial charge in [-0.3, -0.25) is 29.3 Å². The number of amides is 2. The number of rotatable bonds is 6. The summed E-state index contributed by atoms with van der Waals surface area (Å²) in [5.74, 6) is -5.20. The molecule has 0 unspecified atom stereocenters. The van der Waals surface area contributed by atoms with E-state index in [1.807, 2.05) is 0 Å². The molecule has 3 aliphatic rings. The van der Waals surface area contributed by atoms with Gasteiger partial charge in [0.15, 0.2) is 5.60 Å². The Labute approximate surface area is 180 Å². The van der Waals surface area contributed by atoms with Crippen molar-refractivity contribution >= 4 is 35.1 Å². The van der Waals surface area contributed by atoms with E-state index in [2.05, 4.69) is 0 Å². The van der Waals surface area contributed by atoms with Crippen LogP contribution < -0.4 is 9.64 Å². The van der Waals surface area contributed by atoms with Gasteiger partial charge >= 0.3 is 11.9 Å². The molecule has 2 bridgehead atoms. The first-order valence-corrected chi connectivity index (χ1v) is 9.52. The number of methoxy groups -OCH3 is 1. The van der Waals surface area contributed by atoms with Crippen molar-refractivity contribution in [2.24, 2.45) is 11.8 Å². The Bertz CT molecular complexity index is 1070. The van der Waals surface area contributed by atoms with E-state index >= 15 is 0 Å². The van der Waals surface area contributed by atoms with E-state index in [-0.39, 0.29) is 11.4 Å². The minimum Gasteiger partial charge on any atom is -0.496 e. The van der Waals surface area contributed by atoms with Crippen LogP contribution in [0.25, 0.3) is 0 Å². The summed E-state index contributed by atoms with van der Waals surface area (Å²) in [7, 11) is 1.32. The van der Waals surface area contributed by atoms with Crippen LogP contribution >= 0.6 is 0 Å². The first-order chi connectivity index (χ1) is 15.1. The number of nitrogens with zero attached hydrogens (tertiary/aromatic N) is 2. The second-order valence-electron chi connectivity index (χ2n) is 7.47. The van der Waals surface area contributed by atoms with Crippen LogP contribution in [0.15, 0.2) is 30.4 Å². The zero-order valence-electron chi connectivity index (χ0n) is 17.2. The summed E-state index contributed by atoms with van der Waals surface area (Å²) in [5, 5.41) is 11.6. The highest BCUT2D eigenvalue weighted by atomic mass is 16.7. The number of nitro groups is 1. The van der Waals surface area contributed by atoms with Crippen LogP contribution in [0, 0.1) is 22.0 Å². The summed E-state index contributed by atoms with van der Waals surface area (Å²) in [5.41, 5.74) is -2.47. The summed E-state index contributed by atoms with van der Waals surface area (Å²) >= 11 is 0. The van der Waals surface area contributed by atoms with Gasteiger partial charge in [-0.1, -0.05) is 6.08 Å². The Morgan fingerprint density at radius 1 is 1.19 bits per heavy atom. The average Bonchev–Trinajstić information content (AvgIpc) is 3.37. The van der Waals surface area contributed by atoms with E-state index in [0.717, 1.165) is 24.8 Å². The van der Waals surface area contributed by atoms with Crippen LogP contribution in [0.4, 0.5) is 11.4 Å². The molecule has 3 aliphatic heterocycles. The number of hydrogen-bond acceptors (Lipinski definition) is 10. The minimum absolute atomic E-state index is 0.172. The van der Waals surface area contributed by atoms with E-state index in [9.17, 15) is 29.3 Å². The van der Waals surface area contributed by atoms with Crippen molar-refractivity contribution in [3.8, 4) is 5.75 Å². The number of anilines is 1. The molecule has 2 fully saturated rings. The third-order valence-corrected chi connectivity index (χ3v) is 5.61. The third-order valence-electron chi connectivity index (χ3n) is 5.61. The maximum absolute atomic E-state index is 13.5. The van der Waals surface area contributed by atoms with Crippen molar-refractivity contribution in [3.63, 3.8) is 0 Å². The molecule has 32 heavy (non-hydrogen) atoms. The molecular weight excluding hydrogens is 428 g/mol. The lowest BCUT2D eigenvalue weighted by atomic mass is 9.76. The fourth-order valence-corrected chi connectivity index (χ4v) is 4.42. The summed E-state index contributed by atoms with van der Waals surface area (Å²) in [6.07, 6.45) is 0.439. The fraction of sp³-hybridized carbons (Fsp3) is 0.400. The second kappa shape index (κ2) is 7.41. The predicted octanol–water partition coefficient (Wildman–Crippen LogP) is 0.869. The number of ether oxygens (including phenoxy) is 4. The van der Waals surface area contributed by atoms with Crippen molar-refractivity contribution in [1.82, 2.24) is 0 Å². The first-order valence-electron chi connectivity index (χ1n) is 9.52. The molecule has 0 radical (unpaired) electrons. The third kappa shape index (κ3) is 3.02. The lowest BCUT2D eigenvalue weighted by Gasteiger charge is -2.34. The van der Waals surface area contributed by atoms with Crippen molar-refractivity contribution < 1.29 is 43.0 Å². The standard InChI is InChI=1S/C20H18N2O10/c1-9(23)30-19(31-10(2)24)20-7-6-14(32-20)15-16(20)18(26)21(17(15)25)12-5-4-11(29-3)8-13(12)22(27)28/h4-8,14-16,19H,1-3H3/t14-,15+,16+,20-/m0/s1. The Balaban J connectivity index is 1.78. The molecule has 0 N–H and O–H groups in total. The van der Waals surface area contributed by atoms with Crippen LogP contribution in [0.1, 0.15) is 13.8 Å². The highest BCUT2D eigenvalue weighted by molar-refractivity contribution is 6.24. The molecule has 1 aromatic rings.